The predicted molar refractivity (Wildman–Crippen MR) is 84.6 cm³/mol. The molecule has 2 heterocycles. The topological polar surface area (TPSA) is 75.3 Å². The van der Waals surface area contributed by atoms with E-state index in [2.05, 4.69) is 9.97 Å². The molecule has 2 aromatic heterocycles. The SMILES string of the molecule is COCCN(C)C(=O)c1cnc2[nH]cc(/C=C/C(C)=O)c2c1. The molecule has 0 aliphatic heterocycles. The van der Waals surface area contributed by atoms with Crippen LogP contribution in [0.15, 0.2) is 24.5 Å². The van der Waals surface area contributed by atoms with Crippen LogP contribution in [0.25, 0.3) is 17.1 Å². The van der Waals surface area contributed by atoms with Gasteiger partial charge < -0.3 is 14.6 Å². The van der Waals surface area contributed by atoms with E-state index in [1.807, 2.05) is 0 Å². The molecule has 0 bridgehead atoms. The van der Waals surface area contributed by atoms with Crippen molar-refractivity contribution in [1.82, 2.24) is 14.9 Å². The predicted octanol–water partition coefficient (Wildman–Crippen LogP) is 1.88. The second-order valence-electron chi connectivity index (χ2n) is 5.03. The Bertz CT molecular complexity index is 718. The summed E-state index contributed by atoms with van der Waals surface area (Å²) in [5.41, 5.74) is 2.01. The van der Waals surface area contributed by atoms with Crippen LogP contribution < -0.4 is 0 Å². The van der Waals surface area contributed by atoms with E-state index in [9.17, 15) is 9.59 Å². The average Bonchev–Trinajstić information content (AvgIpc) is 2.92. The fraction of sp³-hybridized carbons (Fsp3) is 0.312. The highest BCUT2D eigenvalue weighted by Crippen LogP contribution is 2.19. The molecule has 22 heavy (non-hydrogen) atoms. The highest BCUT2D eigenvalue weighted by molar-refractivity contribution is 6.00. The number of aromatic nitrogens is 2. The van der Waals surface area contributed by atoms with E-state index in [1.54, 1.807) is 43.6 Å². The molecule has 0 unspecified atom stereocenters. The number of hydrogen-bond acceptors (Lipinski definition) is 4. The summed E-state index contributed by atoms with van der Waals surface area (Å²) in [4.78, 5) is 32.3. The number of H-pyrrole nitrogens is 1. The van der Waals surface area contributed by atoms with Crippen LogP contribution >= 0.6 is 0 Å². The summed E-state index contributed by atoms with van der Waals surface area (Å²) in [6, 6.07) is 1.78. The molecule has 0 aliphatic carbocycles. The maximum Gasteiger partial charge on any atom is 0.255 e. The first-order valence-electron chi connectivity index (χ1n) is 6.93. The molecule has 0 atom stereocenters. The Morgan fingerprint density at radius 2 is 2.23 bits per heavy atom. The Morgan fingerprint density at radius 1 is 1.45 bits per heavy atom. The first-order chi connectivity index (χ1) is 10.5. The molecule has 0 fully saturated rings. The van der Waals surface area contributed by atoms with Gasteiger partial charge in [0.05, 0.1) is 12.2 Å². The number of nitrogens with zero attached hydrogens (tertiary/aromatic N) is 2. The normalized spacial score (nSPS) is 11.2. The Hall–Kier alpha value is -2.47. The summed E-state index contributed by atoms with van der Waals surface area (Å²) in [5.74, 6) is -0.150. The number of pyridine rings is 1. The second kappa shape index (κ2) is 7.00. The van der Waals surface area contributed by atoms with Crippen LogP contribution in [-0.4, -0.2) is 53.9 Å². The smallest absolute Gasteiger partial charge is 0.255 e. The zero-order valence-corrected chi connectivity index (χ0v) is 12.9. The summed E-state index contributed by atoms with van der Waals surface area (Å²) in [6.45, 7) is 2.48. The minimum atomic E-state index is -0.117. The molecule has 0 saturated carbocycles. The molecule has 2 aromatic rings. The van der Waals surface area contributed by atoms with Crippen LogP contribution in [0.3, 0.4) is 0 Å². The van der Waals surface area contributed by atoms with E-state index < -0.39 is 0 Å². The number of carbonyl (C=O) groups is 2. The van der Waals surface area contributed by atoms with Crippen molar-refractivity contribution in [2.45, 2.75) is 6.92 Å². The van der Waals surface area contributed by atoms with Crippen LogP contribution in [-0.2, 0) is 9.53 Å². The van der Waals surface area contributed by atoms with Crippen LogP contribution in [0.2, 0.25) is 0 Å². The molecule has 1 amide bonds. The summed E-state index contributed by atoms with van der Waals surface area (Å²) in [7, 11) is 3.32. The molecule has 116 valence electrons. The number of methoxy groups -OCH3 is 1. The number of allylic oxidation sites excluding steroid dienone is 1. The lowest BCUT2D eigenvalue weighted by Gasteiger charge is -2.16. The number of nitrogens with one attached hydrogen (secondary N) is 1. The van der Waals surface area contributed by atoms with E-state index in [-0.39, 0.29) is 11.7 Å². The quantitative estimate of drug-likeness (QED) is 0.827. The van der Waals surface area contributed by atoms with Crippen molar-refractivity contribution in [2.24, 2.45) is 0 Å². The van der Waals surface area contributed by atoms with Crippen molar-refractivity contribution in [3.63, 3.8) is 0 Å². The van der Waals surface area contributed by atoms with Gasteiger partial charge in [0.1, 0.15) is 5.65 Å². The molecule has 0 aromatic carbocycles. The van der Waals surface area contributed by atoms with Crippen LogP contribution in [0.4, 0.5) is 0 Å². The Labute approximate surface area is 128 Å². The minimum Gasteiger partial charge on any atom is -0.383 e. The largest absolute Gasteiger partial charge is 0.383 e. The van der Waals surface area contributed by atoms with Crippen molar-refractivity contribution in [1.29, 1.82) is 0 Å². The Morgan fingerprint density at radius 3 is 2.91 bits per heavy atom. The van der Waals surface area contributed by atoms with E-state index in [1.165, 1.54) is 13.0 Å². The van der Waals surface area contributed by atoms with Gasteiger partial charge in [-0.25, -0.2) is 4.98 Å². The van der Waals surface area contributed by atoms with Crippen molar-refractivity contribution < 1.29 is 14.3 Å². The standard InChI is InChI=1S/C16H19N3O3/c1-11(20)4-5-12-9-17-15-14(12)8-13(10-18-15)16(21)19(2)6-7-22-3/h4-5,8-10H,6-7H2,1-3H3,(H,17,18)/b5-4+. The number of ether oxygens (including phenoxy) is 1. The van der Waals surface area contributed by atoms with E-state index >= 15 is 0 Å². The highest BCUT2D eigenvalue weighted by Gasteiger charge is 2.13. The number of carbonyl (C=O) groups excluding carboxylic acids is 2. The number of likely N-dealkylation sites (N-methyl/N-ethyl adjacent to an activating group) is 1. The van der Waals surface area contributed by atoms with Gasteiger partial charge in [-0.05, 0) is 25.1 Å². The number of ketones is 1. The van der Waals surface area contributed by atoms with Gasteiger partial charge in [0.15, 0.2) is 5.78 Å². The molecule has 0 spiro atoms. The summed E-state index contributed by atoms with van der Waals surface area (Å²) >= 11 is 0. The lowest BCUT2D eigenvalue weighted by atomic mass is 10.1. The van der Waals surface area contributed by atoms with Crippen molar-refractivity contribution >= 4 is 28.8 Å². The summed E-state index contributed by atoms with van der Waals surface area (Å²) in [5, 5.41) is 0.809. The third-order valence-electron chi connectivity index (χ3n) is 3.29. The van der Waals surface area contributed by atoms with Gasteiger partial charge in [-0.1, -0.05) is 0 Å². The molecule has 2 rings (SSSR count). The maximum absolute atomic E-state index is 12.3. The monoisotopic (exact) mass is 301 g/mol. The Kier molecular flexibility index (Phi) is 5.06. The zero-order valence-electron chi connectivity index (χ0n) is 12.9. The maximum atomic E-state index is 12.3. The lowest BCUT2D eigenvalue weighted by molar-refractivity contribution is -0.112. The lowest BCUT2D eigenvalue weighted by Crippen LogP contribution is -2.30. The van der Waals surface area contributed by atoms with Gasteiger partial charge in [0.2, 0.25) is 0 Å². The number of amides is 1. The third-order valence-corrected chi connectivity index (χ3v) is 3.29. The molecule has 6 nitrogen and oxygen atoms in total. The van der Waals surface area contributed by atoms with Crippen molar-refractivity contribution in [2.75, 3.05) is 27.3 Å². The van der Waals surface area contributed by atoms with E-state index in [0.29, 0.717) is 24.4 Å². The summed E-state index contributed by atoms with van der Waals surface area (Å²) in [6.07, 6.45) is 6.51. The molecule has 6 heteroatoms. The number of rotatable bonds is 6. The zero-order chi connectivity index (χ0) is 16.1. The third kappa shape index (κ3) is 3.59. The van der Waals surface area contributed by atoms with Gasteiger partial charge in [0, 0.05) is 44.0 Å². The molecule has 1 N–H and O–H groups in total. The first-order valence-corrected chi connectivity index (χ1v) is 6.93. The van der Waals surface area contributed by atoms with Crippen LogP contribution in [0.5, 0.6) is 0 Å². The number of aromatic amines is 1. The van der Waals surface area contributed by atoms with Gasteiger partial charge in [-0.2, -0.15) is 0 Å². The van der Waals surface area contributed by atoms with Gasteiger partial charge in [-0.3, -0.25) is 9.59 Å². The average molecular weight is 301 g/mol. The van der Waals surface area contributed by atoms with Gasteiger partial charge in [0.25, 0.3) is 5.91 Å². The van der Waals surface area contributed by atoms with Crippen molar-refractivity contribution in [3.05, 3.63) is 35.7 Å². The number of hydrogen-bond donors (Lipinski definition) is 1. The molecular weight excluding hydrogens is 282 g/mol. The first kappa shape index (κ1) is 15.9. The van der Waals surface area contributed by atoms with E-state index in [4.69, 9.17) is 4.74 Å². The highest BCUT2D eigenvalue weighted by atomic mass is 16.5. The summed E-state index contributed by atoms with van der Waals surface area (Å²) < 4.78 is 4.97. The van der Waals surface area contributed by atoms with Gasteiger partial charge >= 0.3 is 0 Å². The fourth-order valence-electron chi connectivity index (χ4n) is 2.04. The fourth-order valence-corrected chi connectivity index (χ4v) is 2.04. The molecular formula is C16H19N3O3. The molecule has 0 saturated heterocycles. The molecule has 0 aliphatic rings. The second-order valence-corrected chi connectivity index (χ2v) is 5.03. The van der Waals surface area contributed by atoms with Crippen molar-refractivity contribution in [3.8, 4) is 0 Å². The van der Waals surface area contributed by atoms with Crippen LogP contribution in [0.1, 0.15) is 22.8 Å². The Balaban J connectivity index is 2.30. The van der Waals surface area contributed by atoms with Gasteiger partial charge in [-0.15, -0.1) is 0 Å². The molecule has 0 radical (unpaired) electrons. The van der Waals surface area contributed by atoms with Crippen LogP contribution in [0, 0.1) is 0 Å². The minimum absolute atomic E-state index is 0.0335. The number of fused-ring (bicyclic) bond motifs is 1. The van der Waals surface area contributed by atoms with E-state index in [0.717, 1.165) is 10.9 Å².